The molecule has 0 spiro atoms. The van der Waals surface area contributed by atoms with Crippen molar-refractivity contribution in [2.45, 2.75) is 71.3 Å². The third kappa shape index (κ3) is 2.83. The summed E-state index contributed by atoms with van der Waals surface area (Å²) in [7, 11) is 0. The maximum atomic E-state index is 11.3. The van der Waals surface area contributed by atoms with Gasteiger partial charge in [0.15, 0.2) is 0 Å². The molecule has 1 saturated heterocycles. The number of cyclic esters (lactones) is 1. The van der Waals surface area contributed by atoms with Gasteiger partial charge in [-0.2, -0.15) is 0 Å². The number of hydrogen-bond acceptors (Lipinski definition) is 2. The largest absolute Gasteiger partial charge is 0.462 e. The number of carbonyl (C=O) groups is 1. The second-order valence-corrected chi connectivity index (χ2v) is 8.10. The molecular formula is C18H27BrO2. The fourth-order valence-corrected chi connectivity index (χ4v) is 6.02. The number of fused-ring (bicyclic) bond motifs is 1. The van der Waals surface area contributed by atoms with Gasteiger partial charge in [0.1, 0.15) is 6.10 Å². The fraction of sp³-hybridized carbons (Fsp3) is 0.833. The first-order valence-corrected chi connectivity index (χ1v) is 9.45. The summed E-state index contributed by atoms with van der Waals surface area (Å²) in [5, 5.41) is 0. The third-order valence-corrected chi connectivity index (χ3v) is 7.06. The molecule has 118 valence electrons. The van der Waals surface area contributed by atoms with Gasteiger partial charge in [-0.3, -0.25) is 4.79 Å². The van der Waals surface area contributed by atoms with Gasteiger partial charge in [-0.25, -0.2) is 0 Å². The van der Waals surface area contributed by atoms with Gasteiger partial charge in [0, 0.05) is 6.42 Å². The Bertz CT molecular complexity index is 444. The van der Waals surface area contributed by atoms with Crippen LogP contribution in [0.3, 0.4) is 0 Å². The summed E-state index contributed by atoms with van der Waals surface area (Å²) in [6.07, 6.45) is 9.44. The van der Waals surface area contributed by atoms with Crippen molar-refractivity contribution in [3.05, 3.63) is 10.6 Å². The molecule has 0 radical (unpaired) electrons. The summed E-state index contributed by atoms with van der Waals surface area (Å²) in [4.78, 5) is 13.5. The number of ether oxygens (including phenoxy) is 1. The summed E-state index contributed by atoms with van der Waals surface area (Å²) in [6.45, 7) is 4.90. The van der Waals surface area contributed by atoms with Gasteiger partial charge >= 0.3 is 5.97 Å². The molecule has 2 aliphatic carbocycles. The first-order valence-electron chi connectivity index (χ1n) is 8.53. The van der Waals surface area contributed by atoms with E-state index in [-0.39, 0.29) is 12.1 Å². The van der Waals surface area contributed by atoms with Crippen LogP contribution >= 0.6 is 15.9 Å². The Labute approximate surface area is 136 Å². The minimum absolute atomic E-state index is 0.00452. The average molecular weight is 355 g/mol. The lowest BCUT2D eigenvalue weighted by atomic mass is 9.61. The van der Waals surface area contributed by atoms with Crippen LogP contribution in [-0.2, 0) is 9.53 Å². The highest BCUT2D eigenvalue weighted by Crippen LogP contribution is 2.60. The van der Waals surface area contributed by atoms with Crippen LogP contribution in [0, 0.1) is 23.2 Å². The number of rotatable bonds is 3. The lowest BCUT2D eigenvalue weighted by Gasteiger charge is -2.44. The van der Waals surface area contributed by atoms with Gasteiger partial charge in [0.2, 0.25) is 0 Å². The van der Waals surface area contributed by atoms with Gasteiger partial charge < -0.3 is 4.74 Å². The van der Waals surface area contributed by atoms with E-state index in [0.29, 0.717) is 17.8 Å². The van der Waals surface area contributed by atoms with Crippen LogP contribution in [0.15, 0.2) is 10.6 Å². The molecule has 2 unspecified atom stereocenters. The van der Waals surface area contributed by atoms with Gasteiger partial charge in [-0.1, -0.05) is 35.4 Å². The van der Waals surface area contributed by atoms with E-state index in [0.717, 1.165) is 24.7 Å². The second-order valence-electron chi connectivity index (χ2n) is 7.64. The van der Waals surface area contributed by atoms with Crippen molar-refractivity contribution in [1.29, 1.82) is 0 Å². The van der Waals surface area contributed by atoms with Crippen LogP contribution < -0.4 is 0 Å². The summed E-state index contributed by atoms with van der Waals surface area (Å²) >= 11 is 3.59. The third-order valence-electron chi connectivity index (χ3n) is 6.47. The predicted molar refractivity (Wildman–Crippen MR) is 88.1 cm³/mol. The summed E-state index contributed by atoms with van der Waals surface area (Å²) < 4.78 is 5.44. The van der Waals surface area contributed by atoms with Crippen LogP contribution in [0.4, 0.5) is 0 Å². The monoisotopic (exact) mass is 354 g/mol. The van der Waals surface area contributed by atoms with E-state index < -0.39 is 0 Å². The first-order chi connectivity index (χ1) is 10.0. The molecule has 0 N–H and O–H groups in total. The smallest absolute Gasteiger partial charge is 0.306 e. The first kappa shape index (κ1) is 15.6. The van der Waals surface area contributed by atoms with Crippen LogP contribution in [0.5, 0.6) is 0 Å². The average Bonchev–Trinajstić information content (AvgIpc) is 3.01. The van der Waals surface area contributed by atoms with Crippen molar-refractivity contribution in [2.75, 3.05) is 0 Å². The Morgan fingerprint density at radius 3 is 2.86 bits per heavy atom. The van der Waals surface area contributed by atoms with E-state index in [1.807, 2.05) is 0 Å². The zero-order chi connectivity index (χ0) is 15.0. The highest BCUT2D eigenvalue weighted by atomic mass is 79.9. The minimum Gasteiger partial charge on any atom is -0.462 e. The topological polar surface area (TPSA) is 26.3 Å². The van der Waals surface area contributed by atoms with Crippen molar-refractivity contribution in [3.63, 3.8) is 0 Å². The molecule has 3 rings (SSSR count). The standard InChI is InChI=1S/C18H27BrO2/c1-12(10-14-5-8-17(20)21-14)15-6-7-16-13(11-19)4-3-9-18(15,16)2/h11-12,14-16H,3-10H2,1-2H3/b13-11+/t12-,14?,15-,16?,18-/m1/s1. The quantitative estimate of drug-likeness (QED) is 0.650. The Balaban J connectivity index is 1.69. The predicted octanol–water partition coefficient (Wildman–Crippen LogP) is 5.21. The second kappa shape index (κ2) is 6.06. The van der Waals surface area contributed by atoms with E-state index >= 15 is 0 Å². The van der Waals surface area contributed by atoms with Gasteiger partial charge in [0.05, 0.1) is 0 Å². The van der Waals surface area contributed by atoms with E-state index in [4.69, 9.17) is 4.74 Å². The summed E-state index contributed by atoms with van der Waals surface area (Å²) in [5.41, 5.74) is 2.09. The number of carbonyl (C=O) groups excluding carboxylic acids is 1. The molecular weight excluding hydrogens is 328 g/mol. The number of halogens is 1. The molecule has 1 aliphatic heterocycles. The van der Waals surface area contributed by atoms with Gasteiger partial charge in [-0.05, 0) is 73.1 Å². The zero-order valence-corrected chi connectivity index (χ0v) is 14.8. The normalized spacial score (nSPS) is 42.9. The van der Waals surface area contributed by atoms with E-state index in [2.05, 4.69) is 34.8 Å². The molecule has 0 bridgehead atoms. The van der Waals surface area contributed by atoms with E-state index in [1.165, 1.54) is 32.1 Å². The molecule has 0 aromatic carbocycles. The maximum absolute atomic E-state index is 11.3. The molecule has 1 heterocycles. The Morgan fingerprint density at radius 2 is 2.19 bits per heavy atom. The van der Waals surface area contributed by atoms with Crippen molar-refractivity contribution in [2.24, 2.45) is 23.2 Å². The molecule has 0 aromatic rings. The maximum Gasteiger partial charge on any atom is 0.306 e. The van der Waals surface area contributed by atoms with Gasteiger partial charge in [-0.15, -0.1) is 0 Å². The number of hydrogen-bond donors (Lipinski definition) is 0. The van der Waals surface area contributed by atoms with Crippen LogP contribution in [-0.4, -0.2) is 12.1 Å². The molecule has 3 heteroatoms. The fourth-order valence-electron chi connectivity index (χ4n) is 5.47. The molecule has 21 heavy (non-hydrogen) atoms. The van der Waals surface area contributed by atoms with Crippen molar-refractivity contribution in [3.8, 4) is 0 Å². The zero-order valence-electron chi connectivity index (χ0n) is 13.2. The van der Waals surface area contributed by atoms with E-state index in [1.54, 1.807) is 5.57 Å². The Hall–Kier alpha value is -0.310. The SMILES string of the molecule is C[C@H](CC1CCC(=O)O1)[C@H]1CCC2/C(=C/Br)CCC[C@@]21C. The highest BCUT2D eigenvalue weighted by Gasteiger charge is 2.51. The summed E-state index contributed by atoms with van der Waals surface area (Å²) in [6, 6.07) is 0. The van der Waals surface area contributed by atoms with Crippen molar-refractivity contribution < 1.29 is 9.53 Å². The molecule has 2 nitrogen and oxygen atoms in total. The number of allylic oxidation sites excluding steroid dienone is 1. The molecule has 0 amide bonds. The lowest BCUT2D eigenvalue weighted by molar-refractivity contribution is -0.142. The number of esters is 1. The Morgan fingerprint density at radius 1 is 1.38 bits per heavy atom. The molecule has 3 aliphatic rings. The minimum atomic E-state index is 0.00452. The summed E-state index contributed by atoms with van der Waals surface area (Å²) in [5.74, 6) is 2.21. The van der Waals surface area contributed by atoms with Crippen LogP contribution in [0.25, 0.3) is 0 Å². The molecule has 2 saturated carbocycles. The molecule has 5 atom stereocenters. The van der Waals surface area contributed by atoms with Gasteiger partial charge in [0.25, 0.3) is 0 Å². The lowest BCUT2D eigenvalue weighted by Crippen LogP contribution is -2.36. The molecule has 3 fully saturated rings. The highest BCUT2D eigenvalue weighted by molar-refractivity contribution is 9.11. The van der Waals surface area contributed by atoms with Crippen LogP contribution in [0.1, 0.15) is 65.2 Å². The molecule has 0 aromatic heterocycles. The van der Waals surface area contributed by atoms with E-state index in [9.17, 15) is 4.79 Å². The van der Waals surface area contributed by atoms with Crippen LogP contribution in [0.2, 0.25) is 0 Å². The van der Waals surface area contributed by atoms with Crippen molar-refractivity contribution in [1.82, 2.24) is 0 Å². The Kier molecular flexibility index (Phi) is 4.50. The van der Waals surface area contributed by atoms with Crippen molar-refractivity contribution >= 4 is 21.9 Å².